The van der Waals surface area contributed by atoms with Gasteiger partial charge in [-0.25, -0.2) is 0 Å². The van der Waals surface area contributed by atoms with Gasteiger partial charge in [-0.3, -0.25) is 9.59 Å². The molecule has 5 heteroatoms. The van der Waals surface area contributed by atoms with Crippen LogP contribution in [0.15, 0.2) is 24.3 Å². The van der Waals surface area contributed by atoms with Crippen LogP contribution in [0.25, 0.3) is 0 Å². The molecule has 1 aliphatic rings. The number of rotatable bonds is 4. The van der Waals surface area contributed by atoms with Crippen molar-refractivity contribution in [3.05, 3.63) is 24.3 Å². The molecule has 0 bridgehead atoms. The Morgan fingerprint density at radius 1 is 1.36 bits per heavy atom. The van der Waals surface area contributed by atoms with Gasteiger partial charge in [-0.2, -0.15) is 0 Å². The zero-order valence-electron chi connectivity index (χ0n) is 13.7. The van der Waals surface area contributed by atoms with Gasteiger partial charge in [0.25, 0.3) is 0 Å². The van der Waals surface area contributed by atoms with Gasteiger partial charge >= 0.3 is 0 Å². The average Bonchev–Trinajstić information content (AvgIpc) is 2.50. The van der Waals surface area contributed by atoms with Crippen molar-refractivity contribution < 1.29 is 14.3 Å². The van der Waals surface area contributed by atoms with Gasteiger partial charge in [-0.1, -0.05) is 19.9 Å². The Hall–Kier alpha value is -2.04. The lowest BCUT2D eigenvalue weighted by atomic mass is 10.1. The third-order valence-electron chi connectivity index (χ3n) is 3.87. The number of ether oxygens (including phenoxy) is 1. The van der Waals surface area contributed by atoms with Crippen LogP contribution in [0.1, 0.15) is 27.7 Å². The van der Waals surface area contributed by atoms with Crippen molar-refractivity contribution in [2.75, 3.05) is 24.6 Å². The highest BCUT2D eigenvalue weighted by Crippen LogP contribution is 2.25. The minimum Gasteiger partial charge on any atom is -0.494 e. The summed E-state index contributed by atoms with van der Waals surface area (Å²) < 4.78 is 5.49. The first-order valence-electron chi connectivity index (χ1n) is 7.80. The Morgan fingerprint density at radius 3 is 2.73 bits per heavy atom. The van der Waals surface area contributed by atoms with Gasteiger partial charge in [0.15, 0.2) is 0 Å². The maximum atomic E-state index is 12.6. The molecule has 120 valence electrons. The van der Waals surface area contributed by atoms with Crippen molar-refractivity contribution in [1.82, 2.24) is 4.90 Å². The van der Waals surface area contributed by atoms with Crippen molar-refractivity contribution >= 4 is 17.5 Å². The van der Waals surface area contributed by atoms with Gasteiger partial charge in [0.2, 0.25) is 11.8 Å². The SMILES string of the molecule is CCOc1cccc(N2CCN(C(=O)C(C)C)C(C)C2=O)c1. The number of amides is 2. The fourth-order valence-corrected chi connectivity index (χ4v) is 2.67. The summed E-state index contributed by atoms with van der Waals surface area (Å²) in [6, 6.07) is 7.09. The van der Waals surface area contributed by atoms with Crippen LogP contribution >= 0.6 is 0 Å². The molecule has 1 atom stereocenters. The van der Waals surface area contributed by atoms with E-state index in [0.29, 0.717) is 19.7 Å². The number of hydrogen-bond donors (Lipinski definition) is 0. The standard InChI is InChI=1S/C17H24N2O3/c1-5-22-15-8-6-7-14(11-15)19-10-9-18(13(4)17(19)21)16(20)12(2)3/h6-8,11-13H,5,9-10H2,1-4H3. The van der Waals surface area contributed by atoms with Crippen LogP contribution in [0.4, 0.5) is 5.69 Å². The summed E-state index contributed by atoms with van der Waals surface area (Å²) in [6.07, 6.45) is 0. The van der Waals surface area contributed by atoms with E-state index in [4.69, 9.17) is 4.74 Å². The van der Waals surface area contributed by atoms with E-state index < -0.39 is 6.04 Å². The molecule has 0 radical (unpaired) electrons. The second kappa shape index (κ2) is 6.81. The Bertz CT molecular complexity index is 557. The molecule has 2 amide bonds. The predicted octanol–water partition coefficient (Wildman–Crippen LogP) is 2.30. The smallest absolute Gasteiger partial charge is 0.249 e. The minimum absolute atomic E-state index is 0.0311. The largest absolute Gasteiger partial charge is 0.494 e. The quantitative estimate of drug-likeness (QED) is 0.857. The van der Waals surface area contributed by atoms with Crippen LogP contribution in [0.3, 0.4) is 0 Å². The number of anilines is 1. The highest BCUT2D eigenvalue weighted by atomic mass is 16.5. The number of carbonyl (C=O) groups excluding carboxylic acids is 2. The number of piperazine rings is 1. The molecule has 2 rings (SSSR count). The minimum atomic E-state index is -0.431. The summed E-state index contributed by atoms with van der Waals surface area (Å²) >= 11 is 0. The van der Waals surface area contributed by atoms with Gasteiger partial charge in [0.1, 0.15) is 11.8 Å². The van der Waals surface area contributed by atoms with E-state index in [0.717, 1.165) is 11.4 Å². The molecule has 0 N–H and O–H groups in total. The van der Waals surface area contributed by atoms with Gasteiger partial charge in [-0.15, -0.1) is 0 Å². The van der Waals surface area contributed by atoms with Crippen molar-refractivity contribution in [1.29, 1.82) is 0 Å². The summed E-state index contributed by atoms with van der Waals surface area (Å²) in [5.74, 6) is 0.640. The lowest BCUT2D eigenvalue weighted by Gasteiger charge is -2.39. The maximum absolute atomic E-state index is 12.6. The monoisotopic (exact) mass is 304 g/mol. The lowest BCUT2D eigenvalue weighted by molar-refractivity contribution is -0.143. The fourth-order valence-electron chi connectivity index (χ4n) is 2.67. The van der Waals surface area contributed by atoms with Gasteiger partial charge < -0.3 is 14.5 Å². The van der Waals surface area contributed by atoms with Crippen molar-refractivity contribution in [2.24, 2.45) is 5.92 Å². The molecule has 1 aromatic rings. The summed E-state index contributed by atoms with van der Waals surface area (Å²) in [5, 5.41) is 0. The summed E-state index contributed by atoms with van der Waals surface area (Å²) in [4.78, 5) is 28.2. The van der Waals surface area contributed by atoms with Crippen LogP contribution in [-0.4, -0.2) is 42.5 Å². The molecule has 1 unspecified atom stereocenters. The zero-order valence-corrected chi connectivity index (χ0v) is 13.7. The molecule has 0 spiro atoms. The Balaban J connectivity index is 2.17. The van der Waals surface area contributed by atoms with E-state index in [1.165, 1.54) is 0 Å². The van der Waals surface area contributed by atoms with Crippen molar-refractivity contribution in [2.45, 2.75) is 33.7 Å². The second-order valence-corrected chi connectivity index (χ2v) is 5.78. The van der Waals surface area contributed by atoms with Crippen molar-refractivity contribution in [3.63, 3.8) is 0 Å². The van der Waals surface area contributed by atoms with Crippen LogP contribution in [0.2, 0.25) is 0 Å². The molecular formula is C17H24N2O3. The number of benzene rings is 1. The molecular weight excluding hydrogens is 280 g/mol. The molecule has 5 nitrogen and oxygen atoms in total. The predicted molar refractivity (Wildman–Crippen MR) is 86.0 cm³/mol. The highest BCUT2D eigenvalue weighted by molar-refractivity contribution is 6.00. The van der Waals surface area contributed by atoms with Gasteiger partial charge in [0.05, 0.1) is 6.61 Å². The second-order valence-electron chi connectivity index (χ2n) is 5.78. The molecule has 1 fully saturated rings. The van der Waals surface area contributed by atoms with E-state index in [1.54, 1.807) is 16.7 Å². The molecule has 1 aliphatic heterocycles. The summed E-state index contributed by atoms with van der Waals surface area (Å²) in [5.41, 5.74) is 0.819. The molecule has 1 aromatic carbocycles. The first kappa shape index (κ1) is 16.3. The van der Waals surface area contributed by atoms with Gasteiger partial charge in [-0.05, 0) is 26.0 Å². The van der Waals surface area contributed by atoms with Crippen molar-refractivity contribution in [3.8, 4) is 5.75 Å². The van der Waals surface area contributed by atoms with E-state index in [-0.39, 0.29) is 17.7 Å². The topological polar surface area (TPSA) is 49.9 Å². The summed E-state index contributed by atoms with van der Waals surface area (Å²) in [6.45, 7) is 9.09. The highest BCUT2D eigenvalue weighted by Gasteiger charge is 2.35. The van der Waals surface area contributed by atoms with Crippen LogP contribution < -0.4 is 9.64 Å². The Labute approximate surface area is 131 Å². The normalized spacial score (nSPS) is 18.8. The fraction of sp³-hybridized carbons (Fsp3) is 0.529. The first-order chi connectivity index (χ1) is 10.5. The molecule has 22 heavy (non-hydrogen) atoms. The zero-order chi connectivity index (χ0) is 16.3. The molecule has 1 heterocycles. The van der Waals surface area contributed by atoms with E-state index >= 15 is 0 Å². The van der Waals surface area contributed by atoms with E-state index in [1.807, 2.05) is 45.0 Å². The first-order valence-corrected chi connectivity index (χ1v) is 7.80. The number of carbonyl (C=O) groups is 2. The third kappa shape index (κ3) is 3.24. The molecule has 0 saturated carbocycles. The molecule has 0 aliphatic carbocycles. The molecule has 0 aromatic heterocycles. The number of hydrogen-bond acceptors (Lipinski definition) is 3. The van der Waals surface area contributed by atoms with Crippen LogP contribution in [0.5, 0.6) is 5.75 Å². The number of nitrogens with zero attached hydrogens (tertiary/aromatic N) is 2. The van der Waals surface area contributed by atoms with E-state index in [2.05, 4.69) is 0 Å². The van der Waals surface area contributed by atoms with Gasteiger partial charge in [0, 0.05) is 30.8 Å². The molecule has 1 saturated heterocycles. The Kier molecular flexibility index (Phi) is 5.06. The summed E-state index contributed by atoms with van der Waals surface area (Å²) in [7, 11) is 0. The Morgan fingerprint density at radius 2 is 2.09 bits per heavy atom. The average molecular weight is 304 g/mol. The van der Waals surface area contributed by atoms with E-state index in [9.17, 15) is 9.59 Å². The van der Waals surface area contributed by atoms with Crippen LogP contribution in [-0.2, 0) is 9.59 Å². The lowest BCUT2D eigenvalue weighted by Crippen LogP contribution is -2.58. The third-order valence-corrected chi connectivity index (χ3v) is 3.87. The maximum Gasteiger partial charge on any atom is 0.249 e. The van der Waals surface area contributed by atoms with Crippen LogP contribution in [0, 0.1) is 5.92 Å².